The van der Waals surface area contributed by atoms with Gasteiger partial charge >= 0.3 is 0 Å². The zero-order valence-corrected chi connectivity index (χ0v) is 15.8. The summed E-state index contributed by atoms with van der Waals surface area (Å²) in [6, 6.07) is 6.03. The van der Waals surface area contributed by atoms with Crippen LogP contribution in [0, 0.1) is 0 Å². The number of carbonyl (C=O) groups excluding carboxylic acids is 2. The molecule has 26 heavy (non-hydrogen) atoms. The van der Waals surface area contributed by atoms with E-state index in [1.807, 2.05) is 27.7 Å². The Labute approximate surface area is 154 Å². The standard InChI is InChI=1S/C18H29N5O3/c1-5-19-17(22-12-15(25)23-18(2,3)4)21-11-10-20-16(26)13-6-8-14(24)9-7-13/h6-9,24H,5,10-12H2,1-4H3,(H,20,26)(H,23,25)(H2,19,21,22). The fourth-order valence-electron chi connectivity index (χ4n) is 2.02. The summed E-state index contributed by atoms with van der Waals surface area (Å²) in [4.78, 5) is 28.0. The molecule has 1 rings (SSSR count). The summed E-state index contributed by atoms with van der Waals surface area (Å²) >= 11 is 0. The number of benzene rings is 1. The molecule has 0 unspecified atom stereocenters. The second-order valence-electron chi connectivity index (χ2n) is 6.72. The highest BCUT2D eigenvalue weighted by Crippen LogP contribution is 2.09. The first kappa shape index (κ1) is 21.3. The van der Waals surface area contributed by atoms with Crippen molar-refractivity contribution in [3.8, 4) is 5.75 Å². The Balaban J connectivity index is 2.40. The van der Waals surface area contributed by atoms with Crippen molar-refractivity contribution in [2.24, 2.45) is 4.99 Å². The lowest BCUT2D eigenvalue weighted by Crippen LogP contribution is -2.44. The summed E-state index contributed by atoms with van der Waals surface area (Å²) < 4.78 is 0. The number of nitrogens with one attached hydrogen (secondary N) is 4. The second kappa shape index (κ2) is 10.3. The highest BCUT2D eigenvalue weighted by Gasteiger charge is 2.13. The monoisotopic (exact) mass is 363 g/mol. The van der Waals surface area contributed by atoms with Crippen molar-refractivity contribution in [3.63, 3.8) is 0 Å². The average Bonchev–Trinajstić information content (AvgIpc) is 2.55. The van der Waals surface area contributed by atoms with Gasteiger partial charge in [-0.25, -0.2) is 4.99 Å². The van der Waals surface area contributed by atoms with Crippen molar-refractivity contribution in [2.75, 3.05) is 26.2 Å². The number of phenolic OH excluding ortho intramolecular Hbond substituents is 1. The van der Waals surface area contributed by atoms with Crippen LogP contribution >= 0.6 is 0 Å². The summed E-state index contributed by atoms with van der Waals surface area (Å²) in [6.07, 6.45) is 0. The molecule has 0 saturated heterocycles. The van der Waals surface area contributed by atoms with Crippen molar-refractivity contribution < 1.29 is 14.7 Å². The van der Waals surface area contributed by atoms with Crippen LogP contribution in [0.4, 0.5) is 0 Å². The highest BCUT2D eigenvalue weighted by atomic mass is 16.3. The third kappa shape index (κ3) is 8.91. The van der Waals surface area contributed by atoms with Crippen molar-refractivity contribution in [2.45, 2.75) is 33.2 Å². The molecule has 0 heterocycles. The smallest absolute Gasteiger partial charge is 0.251 e. The minimum atomic E-state index is -0.295. The molecular formula is C18H29N5O3. The van der Waals surface area contributed by atoms with Gasteiger partial charge in [-0.05, 0) is 52.0 Å². The first-order chi connectivity index (χ1) is 12.2. The Hall–Kier alpha value is -2.77. The normalized spacial score (nSPS) is 11.6. The molecule has 0 aliphatic heterocycles. The van der Waals surface area contributed by atoms with Gasteiger partial charge in [0.2, 0.25) is 5.91 Å². The molecule has 0 saturated carbocycles. The van der Waals surface area contributed by atoms with Crippen LogP contribution in [0.25, 0.3) is 0 Å². The molecule has 144 valence electrons. The molecule has 0 aliphatic carbocycles. The average molecular weight is 363 g/mol. The van der Waals surface area contributed by atoms with E-state index in [0.29, 0.717) is 31.2 Å². The maximum Gasteiger partial charge on any atom is 0.251 e. The molecule has 0 bridgehead atoms. The van der Waals surface area contributed by atoms with E-state index in [9.17, 15) is 14.7 Å². The molecule has 8 nitrogen and oxygen atoms in total. The van der Waals surface area contributed by atoms with Gasteiger partial charge in [-0.3, -0.25) is 9.59 Å². The first-order valence-electron chi connectivity index (χ1n) is 8.61. The summed E-state index contributed by atoms with van der Waals surface area (Å²) in [7, 11) is 0. The van der Waals surface area contributed by atoms with Gasteiger partial charge < -0.3 is 26.4 Å². The summed E-state index contributed by atoms with van der Waals surface area (Å²) in [5, 5.41) is 20.9. The van der Waals surface area contributed by atoms with E-state index in [2.05, 4.69) is 26.3 Å². The van der Waals surface area contributed by atoms with Crippen LogP contribution < -0.4 is 21.3 Å². The molecule has 0 atom stereocenters. The van der Waals surface area contributed by atoms with E-state index in [4.69, 9.17) is 0 Å². The fourth-order valence-corrected chi connectivity index (χ4v) is 2.02. The number of guanidine groups is 1. The van der Waals surface area contributed by atoms with Crippen molar-refractivity contribution in [1.82, 2.24) is 21.3 Å². The number of hydrogen-bond donors (Lipinski definition) is 5. The summed E-state index contributed by atoms with van der Waals surface area (Å²) in [5.41, 5.74) is 0.180. The Bertz CT molecular complexity index is 621. The summed E-state index contributed by atoms with van der Waals surface area (Å²) in [6.45, 7) is 9.19. The molecule has 0 radical (unpaired) electrons. The van der Waals surface area contributed by atoms with Gasteiger partial charge in [0.05, 0.1) is 0 Å². The fraction of sp³-hybridized carbons (Fsp3) is 0.500. The minimum absolute atomic E-state index is 0.0203. The van der Waals surface area contributed by atoms with Gasteiger partial charge in [0.25, 0.3) is 5.91 Å². The van der Waals surface area contributed by atoms with E-state index in [-0.39, 0.29) is 29.6 Å². The van der Waals surface area contributed by atoms with Gasteiger partial charge in [-0.15, -0.1) is 0 Å². The van der Waals surface area contributed by atoms with Crippen LogP contribution in [0.1, 0.15) is 38.1 Å². The largest absolute Gasteiger partial charge is 0.508 e. The third-order valence-corrected chi connectivity index (χ3v) is 3.07. The molecule has 0 aromatic heterocycles. The molecule has 1 aromatic rings. The quantitative estimate of drug-likeness (QED) is 0.276. The van der Waals surface area contributed by atoms with Crippen LogP contribution in [0.2, 0.25) is 0 Å². The Morgan fingerprint density at radius 2 is 1.65 bits per heavy atom. The van der Waals surface area contributed by atoms with E-state index in [0.717, 1.165) is 0 Å². The molecule has 5 N–H and O–H groups in total. The van der Waals surface area contributed by atoms with E-state index in [1.54, 1.807) is 12.1 Å². The van der Waals surface area contributed by atoms with Crippen LogP contribution in [-0.4, -0.2) is 54.6 Å². The topological polar surface area (TPSA) is 115 Å². The zero-order valence-electron chi connectivity index (χ0n) is 15.8. The van der Waals surface area contributed by atoms with Crippen molar-refractivity contribution >= 4 is 17.8 Å². The zero-order chi connectivity index (χ0) is 19.6. The van der Waals surface area contributed by atoms with Crippen LogP contribution in [0.5, 0.6) is 5.75 Å². The van der Waals surface area contributed by atoms with E-state index < -0.39 is 0 Å². The molecule has 2 amide bonds. The van der Waals surface area contributed by atoms with Gasteiger partial charge in [0.15, 0.2) is 5.96 Å². The van der Waals surface area contributed by atoms with E-state index >= 15 is 0 Å². The van der Waals surface area contributed by atoms with Gasteiger partial charge in [0.1, 0.15) is 12.3 Å². The lowest BCUT2D eigenvalue weighted by Gasteiger charge is -2.20. The van der Waals surface area contributed by atoms with Crippen LogP contribution in [-0.2, 0) is 4.79 Å². The van der Waals surface area contributed by atoms with Crippen LogP contribution in [0.3, 0.4) is 0 Å². The third-order valence-electron chi connectivity index (χ3n) is 3.07. The Kier molecular flexibility index (Phi) is 8.41. The lowest BCUT2D eigenvalue weighted by molar-refractivity contribution is -0.121. The lowest BCUT2D eigenvalue weighted by atomic mass is 10.1. The Morgan fingerprint density at radius 1 is 1.04 bits per heavy atom. The highest BCUT2D eigenvalue weighted by molar-refractivity contribution is 5.94. The number of carbonyl (C=O) groups is 2. The molecule has 0 spiro atoms. The number of hydrogen-bond acceptors (Lipinski definition) is 4. The molecule has 0 fully saturated rings. The number of rotatable bonds is 7. The van der Waals surface area contributed by atoms with Crippen LogP contribution in [0.15, 0.2) is 29.3 Å². The number of amides is 2. The number of aliphatic imine (C=N–C) groups is 1. The second-order valence-corrected chi connectivity index (χ2v) is 6.72. The van der Waals surface area contributed by atoms with Crippen molar-refractivity contribution in [1.29, 1.82) is 0 Å². The molecular weight excluding hydrogens is 334 g/mol. The predicted molar refractivity (Wildman–Crippen MR) is 102 cm³/mol. The molecule has 1 aromatic carbocycles. The van der Waals surface area contributed by atoms with E-state index in [1.165, 1.54) is 12.1 Å². The SMILES string of the molecule is CCNC(=NCC(=O)NC(C)(C)C)NCCNC(=O)c1ccc(O)cc1. The number of aromatic hydroxyl groups is 1. The number of phenols is 1. The Morgan fingerprint density at radius 3 is 2.23 bits per heavy atom. The van der Waals surface area contributed by atoms with Gasteiger partial charge in [-0.1, -0.05) is 0 Å². The molecule has 0 aliphatic rings. The first-order valence-corrected chi connectivity index (χ1v) is 8.61. The van der Waals surface area contributed by atoms with Gasteiger partial charge in [-0.2, -0.15) is 0 Å². The maximum atomic E-state index is 12.0. The van der Waals surface area contributed by atoms with Crippen molar-refractivity contribution in [3.05, 3.63) is 29.8 Å². The maximum absolute atomic E-state index is 12.0. The predicted octanol–water partition coefficient (Wildman–Crippen LogP) is 0.592. The van der Waals surface area contributed by atoms with Gasteiger partial charge in [0, 0.05) is 30.7 Å². The minimum Gasteiger partial charge on any atom is -0.508 e. The molecule has 8 heteroatoms. The number of nitrogens with zero attached hydrogens (tertiary/aromatic N) is 1. The summed E-state index contributed by atoms with van der Waals surface area (Å²) in [5.74, 6) is 0.245.